The van der Waals surface area contributed by atoms with Gasteiger partial charge >= 0.3 is 17.9 Å². The summed E-state index contributed by atoms with van der Waals surface area (Å²) >= 11 is 3.40. The zero-order valence-electron chi connectivity index (χ0n) is 19.1. The number of hydrogen-bond acceptors (Lipinski definition) is 7. The highest BCUT2D eigenvalue weighted by atomic mass is 79.9. The second kappa shape index (κ2) is 9.66. The molecule has 2 saturated heterocycles. The van der Waals surface area contributed by atoms with Crippen LogP contribution in [0.1, 0.15) is 43.4 Å². The molecule has 2 heterocycles. The topological polar surface area (TPSA) is 90.9 Å². The van der Waals surface area contributed by atoms with E-state index in [0.717, 1.165) is 12.1 Å². The fourth-order valence-corrected chi connectivity index (χ4v) is 5.70. The van der Waals surface area contributed by atoms with E-state index in [9.17, 15) is 18.8 Å². The maximum absolute atomic E-state index is 15.2. The van der Waals surface area contributed by atoms with Crippen molar-refractivity contribution >= 4 is 33.8 Å². The summed E-state index contributed by atoms with van der Waals surface area (Å²) in [5.74, 6) is -5.67. The van der Waals surface area contributed by atoms with Crippen LogP contribution in [0.5, 0.6) is 0 Å². The number of hydrogen-bond donors (Lipinski definition) is 1. The van der Waals surface area contributed by atoms with Gasteiger partial charge in [-0.15, -0.1) is 0 Å². The van der Waals surface area contributed by atoms with Gasteiger partial charge in [-0.05, 0) is 37.6 Å². The van der Waals surface area contributed by atoms with Crippen LogP contribution in [0.15, 0.2) is 46.9 Å². The van der Waals surface area contributed by atoms with E-state index in [4.69, 9.17) is 14.2 Å². The molecule has 1 spiro atoms. The van der Waals surface area contributed by atoms with E-state index in [1.54, 1.807) is 38.1 Å². The van der Waals surface area contributed by atoms with Crippen LogP contribution in [0.3, 0.4) is 0 Å². The molecule has 0 aliphatic carbocycles. The van der Waals surface area contributed by atoms with Crippen molar-refractivity contribution < 1.29 is 37.4 Å². The predicted molar refractivity (Wildman–Crippen MR) is 123 cm³/mol. The molecule has 2 aliphatic rings. The van der Waals surface area contributed by atoms with E-state index in [-0.39, 0.29) is 31.8 Å². The molecule has 0 bridgehead atoms. The Balaban J connectivity index is 2.10. The molecule has 10 heteroatoms. The number of carbonyl (C=O) groups is 3. The fraction of sp³-hybridized carbons (Fsp3) is 0.400. The van der Waals surface area contributed by atoms with Gasteiger partial charge in [0, 0.05) is 28.4 Å². The van der Waals surface area contributed by atoms with Gasteiger partial charge in [0.2, 0.25) is 0 Å². The van der Waals surface area contributed by atoms with Gasteiger partial charge < -0.3 is 14.2 Å². The number of cyclic esters (lactones) is 1. The van der Waals surface area contributed by atoms with Gasteiger partial charge in [-0.1, -0.05) is 34.1 Å². The number of halogens is 3. The molecule has 4 rings (SSSR count). The van der Waals surface area contributed by atoms with Crippen molar-refractivity contribution in [3.8, 4) is 0 Å². The number of ether oxygens (including phenoxy) is 3. The Bertz CT molecular complexity index is 1160. The largest absolute Gasteiger partial charge is 0.465 e. The normalized spacial score (nSPS) is 24.9. The summed E-state index contributed by atoms with van der Waals surface area (Å²) in [6.07, 6.45) is 0.100. The molecule has 1 N–H and O–H groups in total. The zero-order chi connectivity index (χ0) is 25.4. The summed E-state index contributed by atoms with van der Waals surface area (Å²) in [6, 6.07) is 8.19. The third-order valence-electron chi connectivity index (χ3n) is 6.58. The van der Waals surface area contributed by atoms with Gasteiger partial charge in [0.25, 0.3) is 0 Å². The Morgan fingerprint density at radius 1 is 1.11 bits per heavy atom. The van der Waals surface area contributed by atoms with Gasteiger partial charge in [0.1, 0.15) is 17.2 Å². The highest BCUT2D eigenvalue weighted by molar-refractivity contribution is 9.10. The smallest absolute Gasteiger partial charge is 0.327 e. The molecule has 7 nitrogen and oxygen atoms in total. The van der Waals surface area contributed by atoms with E-state index in [1.807, 2.05) is 0 Å². The Morgan fingerprint density at radius 3 is 2.34 bits per heavy atom. The van der Waals surface area contributed by atoms with Crippen molar-refractivity contribution in [3.63, 3.8) is 0 Å². The molecular formula is C25H24BrF2NO6. The van der Waals surface area contributed by atoms with Gasteiger partial charge in [-0.2, -0.15) is 0 Å². The van der Waals surface area contributed by atoms with Crippen molar-refractivity contribution in [2.24, 2.45) is 5.41 Å². The summed E-state index contributed by atoms with van der Waals surface area (Å²) in [5.41, 5.74) is -3.54. The Hall–Kier alpha value is -2.85. The third-order valence-corrected chi connectivity index (χ3v) is 7.07. The van der Waals surface area contributed by atoms with Crippen LogP contribution in [0, 0.1) is 17.0 Å². The number of rotatable bonds is 6. The zero-order valence-corrected chi connectivity index (χ0v) is 20.7. The lowest BCUT2D eigenvalue weighted by atomic mass is 9.62. The van der Waals surface area contributed by atoms with Crippen LogP contribution in [0.25, 0.3) is 0 Å². The molecule has 2 aromatic carbocycles. The van der Waals surface area contributed by atoms with Gasteiger partial charge in [0.15, 0.2) is 5.41 Å². The number of carbonyl (C=O) groups excluding carboxylic acids is 3. The van der Waals surface area contributed by atoms with Crippen molar-refractivity contribution in [2.45, 2.75) is 37.8 Å². The highest BCUT2D eigenvalue weighted by Gasteiger charge is 2.75. The van der Waals surface area contributed by atoms with E-state index >= 15 is 4.39 Å². The van der Waals surface area contributed by atoms with Crippen LogP contribution in [-0.4, -0.2) is 43.3 Å². The summed E-state index contributed by atoms with van der Waals surface area (Å²) in [5, 5.41) is 3.08. The number of nitrogens with one attached hydrogen (secondary N) is 1. The van der Waals surface area contributed by atoms with Crippen LogP contribution < -0.4 is 5.32 Å². The quantitative estimate of drug-likeness (QED) is 0.330. The second-order valence-corrected chi connectivity index (χ2v) is 9.31. The van der Waals surface area contributed by atoms with Gasteiger partial charge in [-0.25, -0.2) is 8.78 Å². The van der Waals surface area contributed by atoms with Crippen molar-refractivity contribution in [3.05, 3.63) is 69.7 Å². The molecule has 1 unspecified atom stereocenters. The molecular weight excluding hydrogens is 528 g/mol. The van der Waals surface area contributed by atoms with E-state index in [1.165, 1.54) is 0 Å². The molecule has 0 radical (unpaired) electrons. The van der Waals surface area contributed by atoms with Crippen LogP contribution in [-0.2, 0) is 28.6 Å². The lowest BCUT2D eigenvalue weighted by Crippen LogP contribution is -2.52. The first kappa shape index (κ1) is 25.2. The van der Waals surface area contributed by atoms with Crippen LogP contribution in [0.2, 0.25) is 0 Å². The maximum Gasteiger partial charge on any atom is 0.327 e. The summed E-state index contributed by atoms with van der Waals surface area (Å²) < 4.78 is 45.7. The minimum atomic E-state index is -2.23. The summed E-state index contributed by atoms with van der Waals surface area (Å²) in [7, 11) is 0. The summed E-state index contributed by atoms with van der Waals surface area (Å²) in [6.45, 7) is 3.00. The van der Waals surface area contributed by atoms with E-state index < -0.39 is 52.5 Å². The first-order valence-corrected chi connectivity index (χ1v) is 12.0. The molecule has 0 amide bonds. The Morgan fingerprint density at radius 2 is 1.80 bits per heavy atom. The molecule has 186 valence electrons. The standard InChI is InChI=1S/C25H24BrF2NO6/c1-3-33-22(31)25(23(32)34-4-2)19(14-6-5-7-15(26)12-14)24(10-11-35-21(24)30)29-20(25)17-9-8-16(27)13-18(17)28/h5-9,12-13,19-20,29H,3-4,10-11H2,1-2H3/t19?,20-,24-/m0/s1. The third kappa shape index (κ3) is 3.92. The van der Waals surface area contributed by atoms with E-state index in [0.29, 0.717) is 16.1 Å². The van der Waals surface area contributed by atoms with Crippen LogP contribution >= 0.6 is 15.9 Å². The molecule has 2 aromatic rings. The SMILES string of the molecule is CCOC(=O)C1(C(=O)OCC)C(c2cccc(Br)c2)[C@]2(CCOC2=O)N[C@H]1c1ccc(F)cc1F. The second-order valence-electron chi connectivity index (χ2n) is 8.40. The first-order valence-electron chi connectivity index (χ1n) is 11.2. The van der Waals surface area contributed by atoms with Gasteiger partial charge in [-0.3, -0.25) is 19.7 Å². The van der Waals surface area contributed by atoms with Crippen molar-refractivity contribution in [1.82, 2.24) is 5.32 Å². The molecule has 0 aromatic heterocycles. The molecule has 2 fully saturated rings. The van der Waals surface area contributed by atoms with Crippen molar-refractivity contribution in [2.75, 3.05) is 19.8 Å². The predicted octanol–water partition coefficient (Wildman–Crippen LogP) is 3.95. The Labute approximate surface area is 209 Å². The molecule has 2 aliphatic heterocycles. The fourth-order valence-electron chi connectivity index (χ4n) is 5.29. The maximum atomic E-state index is 15.2. The average Bonchev–Trinajstić information content (AvgIpc) is 3.32. The lowest BCUT2D eigenvalue weighted by molar-refractivity contribution is -0.175. The first-order chi connectivity index (χ1) is 16.7. The minimum absolute atomic E-state index is 0.0245. The lowest BCUT2D eigenvalue weighted by Gasteiger charge is -2.37. The average molecular weight is 552 g/mol. The molecule has 35 heavy (non-hydrogen) atoms. The summed E-state index contributed by atoms with van der Waals surface area (Å²) in [4.78, 5) is 41.0. The number of esters is 3. The molecule has 0 saturated carbocycles. The minimum Gasteiger partial charge on any atom is -0.465 e. The van der Waals surface area contributed by atoms with Gasteiger partial charge in [0.05, 0.1) is 25.9 Å². The monoisotopic (exact) mass is 551 g/mol. The van der Waals surface area contributed by atoms with Crippen LogP contribution in [0.4, 0.5) is 8.78 Å². The highest BCUT2D eigenvalue weighted by Crippen LogP contribution is 2.61. The number of benzene rings is 2. The molecule has 3 atom stereocenters. The van der Waals surface area contributed by atoms with Crippen molar-refractivity contribution in [1.29, 1.82) is 0 Å². The Kier molecular flexibility index (Phi) is 6.97. The van der Waals surface area contributed by atoms with E-state index in [2.05, 4.69) is 21.2 Å².